The third kappa shape index (κ3) is 1.25. The molecule has 2 N–H and O–H groups in total. The second kappa shape index (κ2) is 2.84. The number of rotatable bonds is 1. The van der Waals surface area contributed by atoms with Crippen molar-refractivity contribution in [2.75, 3.05) is 0 Å². The molecule has 0 atom stereocenters. The van der Waals surface area contributed by atoms with E-state index in [9.17, 15) is 0 Å². The fourth-order valence-electron chi connectivity index (χ4n) is 1.44. The Kier molecular flexibility index (Phi) is 1.53. The highest BCUT2D eigenvalue weighted by Crippen LogP contribution is 2.20. The summed E-state index contributed by atoms with van der Waals surface area (Å²) < 4.78 is 1.47. The van der Waals surface area contributed by atoms with Crippen molar-refractivity contribution in [2.24, 2.45) is 0 Å². The van der Waals surface area contributed by atoms with Crippen molar-refractivity contribution in [1.29, 1.82) is 0 Å². The lowest BCUT2D eigenvalue weighted by atomic mass is 10.1. The molecule has 0 saturated heterocycles. The Morgan fingerprint density at radius 1 is 1.27 bits per heavy atom. The lowest BCUT2D eigenvalue weighted by Gasteiger charge is -1.95. The van der Waals surface area contributed by atoms with E-state index in [2.05, 4.69) is 21.5 Å². The van der Waals surface area contributed by atoms with Crippen molar-refractivity contribution in [3.63, 3.8) is 0 Å². The number of nitrogens with one attached hydrogen (secondary N) is 1. The van der Waals surface area contributed by atoms with E-state index in [-0.39, 0.29) is 5.75 Å². The molecule has 2 heterocycles. The fourth-order valence-corrected chi connectivity index (χ4v) is 1.44. The minimum absolute atomic E-state index is 0.245. The molecule has 5 heteroatoms. The SMILES string of the molecule is Oc1ccc(-c2cc3[nH][c]nn3n2)cc1. The first-order chi connectivity index (χ1) is 7.33. The van der Waals surface area contributed by atoms with Crippen LogP contribution in [0.25, 0.3) is 16.9 Å². The number of phenolic OH excluding ortho intramolecular Hbond substituents is 1. The van der Waals surface area contributed by atoms with E-state index in [4.69, 9.17) is 5.11 Å². The monoisotopic (exact) mass is 199 g/mol. The summed E-state index contributed by atoms with van der Waals surface area (Å²) in [6.07, 6.45) is 2.59. The molecule has 0 aliphatic heterocycles. The molecular weight excluding hydrogens is 192 g/mol. The number of aromatic amines is 1. The van der Waals surface area contributed by atoms with Crippen LogP contribution in [0.4, 0.5) is 0 Å². The molecule has 0 aliphatic carbocycles. The van der Waals surface area contributed by atoms with Gasteiger partial charge in [0, 0.05) is 11.6 Å². The third-order valence-corrected chi connectivity index (χ3v) is 2.18. The molecule has 0 spiro atoms. The molecule has 3 rings (SSSR count). The predicted molar refractivity (Wildman–Crippen MR) is 53.3 cm³/mol. The topological polar surface area (TPSA) is 66.2 Å². The second-order valence-corrected chi connectivity index (χ2v) is 3.19. The van der Waals surface area contributed by atoms with E-state index >= 15 is 0 Å². The summed E-state index contributed by atoms with van der Waals surface area (Å²) in [5, 5.41) is 17.2. The van der Waals surface area contributed by atoms with Crippen molar-refractivity contribution >= 4 is 5.65 Å². The molecule has 0 aliphatic rings. The van der Waals surface area contributed by atoms with Gasteiger partial charge in [-0.15, -0.1) is 14.8 Å². The summed E-state index contributed by atoms with van der Waals surface area (Å²) in [6, 6.07) is 8.74. The van der Waals surface area contributed by atoms with Gasteiger partial charge in [-0.05, 0) is 24.3 Å². The molecule has 5 nitrogen and oxygen atoms in total. The zero-order valence-electron chi connectivity index (χ0n) is 7.68. The van der Waals surface area contributed by atoms with Crippen LogP contribution in [0.3, 0.4) is 0 Å². The highest BCUT2D eigenvalue weighted by atomic mass is 16.3. The largest absolute Gasteiger partial charge is 0.508 e. The van der Waals surface area contributed by atoms with Crippen LogP contribution in [-0.4, -0.2) is 24.9 Å². The summed E-state index contributed by atoms with van der Waals surface area (Å²) >= 11 is 0. The van der Waals surface area contributed by atoms with Gasteiger partial charge in [-0.1, -0.05) is 0 Å². The lowest BCUT2D eigenvalue weighted by molar-refractivity contribution is 0.475. The van der Waals surface area contributed by atoms with Gasteiger partial charge in [-0.25, -0.2) is 0 Å². The van der Waals surface area contributed by atoms with E-state index < -0.39 is 0 Å². The molecule has 0 unspecified atom stereocenters. The Labute approximate surface area is 85.0 Å². The maximum absolute atomic E-state index is 9.15. The molecule has 1 radical (unpaired) electrons. The van der Waals surface area contributed by atoms with Crippen LogP contribution < -0.4 is 0 Å². The van der Waals surface area contributed by atoms with Crippen LogP contribution >= 0.6 is 0 Å². The summed E-state index contributed by atoms with van der Waals surface area (Å²) in [5.74, 6) is 0.245. The molecule has 1 aromatic carbocycles. The van der Waals surface area contributed by atoms with Gasteiger partial charge in [0.2, 0.25) is 0 Å². The van der Waals surface area contributed by atoms with E-state index in [0.717, 1.165) is 16.9 Å². The molecular formula is C10H7N4O. The van der Waals surface area contributed by atoms with Gasteiger partial charge < -0.3 is 10.1 Å². The Balaban J connectivity index is 2.13. The van der Waals surface area contributed by atoms with Crippen LogP contribution in [0.5, 0.6) is 5.75 Å². The van der Waals surface area contributed by atoms with Crippen LogP contribution in [0.2, 0.25) is 0 Å². The Morgan fingerprint density at radius 2 is 2.07 bits per heavy atom. The van der Waals surface area contributed by atoms with Gasteiger partial charge >= 0.3 is 0 Å². The first-order valence-corrected chi connectivity index (χ1v) is 4.44. The molecule has 15 heavy (non-hydrogen) atoms. The van der Waals surface area contributed by atoms with Crippen molar-refractivity contribution in [3.05, 3.63) is 36.7 Å². The summed E-state index contributed by atoms with van der Waals surface area (Å²) in [6.45, 7) is 0. The average molecular weight is 199 g/mol. The van der Waals surface area contributed by atoms with Crippen LogP contribution in [0.15, 0.2) is 30.3 Å². The zero-order chi connectivity index (χ0) is 10.3. The quantitative estimate of drug-likeness (QED) is 0.619. The highest BCUT2D eigenvalue weighted by molar-refractivity contribution is 5.64. The number of aromatic hydroxyl groups is 1. The van der Waals surface area contributed by atoms with Crippen molar-refractivity contribution < 1.29 is 5.11 Å². The average Bonchev–Trinajstić information content (AvgIpc) is 2.78. The summed E-state index contributed by atoms with van der Waals surface area (Å²) in [7, 11) is 0. The predicted octanol–water partition coefficient (Wildman–Crippen LogP) is 1.23. The molecule has 0 fully saturated rings. The van der Waals surface area contributed by atoms with Crippen LogP contribution in [-0.2, 0) is 0 Å². The summed E-state index contributed by atoms with van der Waals surface area (Å²) in [4.78, 5) is 2.84. The van der Waals surface area contributed by atoms with E-state index in [0.29, 0.717) is 0 Å². The minimum atomic E-state index is 0.245. The number of benzene rings is 1. The number of hydrogen-bond acceptors (Lipinski definition) is 3. The zero-order valence-corrected chi connectivity index (χ0v) is 7.68. The summed E-state index contributed by atoms with van der Waals surface area (Å²) in [5.41, 5.74) is 2.53. The molecule has 3 aromatic rings. The van der Waals surface area contributed by atoms with E-state index in [1.165, 1.54) is 4.63 Å². The van der Waals surface area contributed by atoms with Gasteiger partial charge in [0.05, 0.1) is 5.69 Å². The smallest absolute Gasteiger partial charge is 0.199 e. The molecule has 2 aromatic heterocycles. The third-order valence-electron chi connectivity index (χ3n) is 2.18. The molecule has 0 saturated carbocycles. The van der Waals surface area contributed by atoms with Gasteiger partial charge in [-0.2, -0.15) is 0 Å². The fraction of sp³-hybridized carbons (Fsp3) is 0. The highest BCUT2D eigenvalue weighted by Gasteiger charge is 2.05. The number of phenols is 1. The van der Waals surface area contributed by atoms with Crippen LogP contribution in [0.1, 0.15) is 0 Å². The van der Waals surface area contributed by atoms with Crippen molar-refractivity contribution in [3.8, 4) is 17.0 Å². The first kappa shape index (κ1) is 8.05. The number of aromatic nitrogens is 4. The number of fused-ring (bicyclic) bond motifs is 1. The Hall–Kier alpha value is -2.30. The number of nitrogens with zero attached hydrogens (tertiary/aromatic N) is 3. The van der Waals surface area contributed by atoms with Gasteiger partial charge in [-0.3, -0.25) is 0 Å². The minimum Gasteiger partial charge on any atom is -0.508 e. The lowest BCUT2D eigenvalue weighted by Crippen LogP contribution is -1.86. The Morgan fingerprint density at radius 3 is 2.80 bits per heavy atom. The van der Waals surface area contributed by atoms with Crippen molar-refractivity contribution in [2.45, 2.75) is 0 Å². The van der Waals surface area contributed by atoms with Gasteiger partial charge in [0.25, 0.3) is 0 Å². The van der Waals surface area contributed by atoms with Gasteiger partial charge in [0.15, 0.2) is 12.0 Å². The van der Waals surface area contributed by atoms with Gasteiger partial charge in [0.1, 0.15) is 5.75 Å². The molecule has 0 bridgehead atoms. The number of H-pyrrole nitrogens is 1. The van der Waals surface area contributed by atoms with E-state index in [1.807, 2.05) is 6.07 Å². The number of hydrogen-bond donors (Lipinski definition) is 2. The maximum atomic E-state index is 9.15. The second-order valence-electron chi connectivity index (χ2n) is 3.19. The van der Waals surface area contributed by atoms with Crippen LogP contribution in [0, 0.1) is 6.33 Å². The first-order valence-electron chi connectivity index (χ1n) is 4.44. The van der Waals surface area contributed by atoms with E-state index in [1.54, 1.807) is 24.3 Å². The normalized spacial score (nSPS) is 10.9. The van der Waals surface area contributed by atoms with Crippen molar-refractivity contribution in [1.82, 2.24) is 19.8 Å². The Bertz CT molecular complexity index is 565. The maximum Gasteiger partial charge on any atom is 0.199 e. The standard InChI is InChI=1S/C10H7N4O/c15-8-3-1-7(2-4-8)9-5-10-11-6-12-14(10)13-9/h1-5,15H,(H,11,12). The molecule has 73 valence electrons. The molecule has 0 amide bonds.